The van der Waals surface area contributed by atoms with Gasteiger partial charge in [0.15, 0.2) is 0 Å². The van der Waals surface area contributed by atoms with Crippen molar-refractivity contribution >= 4 is 22.7 Å². The van der Waals surface area contributed by atoms with Gasteiger partial charge in [-0.05, 0) is 83.9 Å². The lowest BCUT2D eigenvalue weighted by atomic mass is 9.73. The fourth-order valence-corrected chi connectivity index (χ4v) is 5.67. The van der Waals surface area contributed by atoms with E-state index in [0.717, 1.165) is 11.1 Å². The first-order valence-electron chi connectivity index (χ1n) is 15.5. The molecule has 6 rings (SSSR count). The number of nitrogen functional groups attached to an aromatic ring is 4. The highest BCUT2D eigenvalue weighted by Crippen LogP contribution is 2.44. The van der Waals surface area contributed by atoms with Gasteiger partial charge in [0.2, 0.25) is 0 Å². The van der Waals surface area contributed by atoms with E-state index < -0.39 is 11.6 Å². The van der Waals surface area contributed by atoms with Crippen molar-refractivity contribution in [3.63, 3.8) is 0 Å². The highest BCUT2D eigenvalue weighted by molar-refractivity contribution is 5.49. The first-order valence-corrected chi connectivity index (χ1v) is 15.5. The average molecular weight is 629 g/mol. The van der Waals surface area contributed by atoms with E-state index in [1.807, 2.05) is 72.8 Å². The molecule has 0 aliphatic heterocycles. The van der Waals surface area contributed by atoms with Crippen LogP contribution in [0.15, 0.2) is 145 Å². The third-order valence-electron chi connectivity index (χ3n) is 8.33. The molecule has 8 nitrogen and oxygen atoms in total. The van der Waals surface area contributed by atoms with Crippen LogP contribution in [-0.2, 0) is 0 Å². The van der Waals surface area contributed by atoms with Crippen LogP contribution in [0.3, 0.4) is 0 Å². The summed E-state index contributed by atoms with van der Waals surface area (Å²) in [4.78, 5) is 0. The van der Waals surface area contributed by atoms with E-state index in [1.54, 1.807) is 36.4 Å². The summed E-state index contributed by atoms with van der Waals surface area (Å²) < 4.78 is 25.9. The molecule has 0 aromatic heterocycles. The maximum Gasteiger partial charge on any atom is 0.274 e. The van der Waals surface area contributed by atoms with E-state index in [2.05, 4.69) is 38.2 Å². The second-order valence-electron chi connectivity index (χ2n) is 12.3. The minimum atomic E-state index is -1.09. The maximum absolute atomic E-state index is 6.48. The topological polar surface area (TPSA) is 141 Å². The summed E-state index contributed by atoms with van der Waals surface area (Å²) in [5.74, 6) is 0.314. The van der Waals surface area contributed by atoms with Gasteiger partial charge in [0.25, 0.3) is 11.6 Å². The third-order valence-corrected chi connectivity index (χ3v) is 8.33. The zero-order valence-electron chi connectivity index (χ0n) is 26.6. The molecule has 0 spiro atoms. The van der Waals surface area contributed by atoms with Crippen molar-refractivity contribution < 1.29 is 18.9 Å². The van der Waals surface area contributed by atoms with Crippen LogP contribution in [0.4, 0.5) is 22.7 Å². The number of hydrogen-bond acceptors (Lipinski definition) is 8. The maximum atomic E-state index is 6.48. The number of nitrogens with two attached hydrogens (primary N) is 4. The molecule has 2 aliphatic rings. The molecule has 0 radical (unpaired) electrons. The van der Waals surface area contributed by atoms with E-state index in [0.29, 0.717) is 58.6 Å². The Kier molecular flexibility index (Phi) is 8.35. The zero-order chi connectivity index (χ0) is 33.1. The van der Waals surface area contributed by atoms with Gasteiger partial charge in [0, 0.05) is 65.3 Å². The van der Waals surface area contributed by atoms with Gasteiger partial charge in [-0.15, -0.1) is 0 Å². The molecule has 0 heterocycles. The number of hydrogen-bond donors (Lipinski definition) is 4. The number of benzene rings is 4. The van der Waals surface area contributed by atoms with E-state index in [1.165, 1.54) is 0 Å². The summed E-state index contributed by atoms with van der Waals surface area (Å²) in [6, 6.07) is 29.2. The quantitative estimate of drug-likeness (QED) is 0.103. The van der Waals surface area contributed by atoms with Crippen LogP contribution in [0.5, 0.6) is 23.0 Å². The Morgan fingerprint density at radius 3 is 1.21 bits per heavy atom. The summed E-state index contributed by atoms with van der Waals surface area (Å²) in [6.45, 7) is 4.39. The van der Waals surface area contributed by atoms with Crippen molar-refractivity contribution in [1.29, 1.82) is 0 Å². The minimum absolute atomic E-state index is 0.359. The molecule has 2 atom stereocenters. The summed E-state index contributed by atoms with van der Waals surface area (Å²) in [5.41, 5.74) is 28.3. The van der Waals surface area contributed by atoms with Crippen molar-refractivity contribution in [3.05, 3.63) is 145 Å². The second-order valence-corrected chi connectivity index (χ2v) is 12.3. The van der Waals surface area contributed by atoms with E-state index in [-0.39, 0.29) is 5.41 Å². The molecule has 47 heavy (non-hydrogen) atoms. The van der Waals surface area contributed by atoms with Gasteiger partial charge in [0.05, 0.1) is 0 Å². The monoisotopic (exact) mass is 628 g/mol. The Morgan fingerprint density at radius 1 is 0.489 bits per heavy atom. The van der Waals surface area contributed by atoms with Gasteiger partial charge in [0.1, 0.15) is 23.0 Å². The van der Waals surface area contributed by atoms with Gasteiger partial charge in [-0.1, -0.05) is 50.3 Å². The molecule has 0 fully saturated rings. The molecule has 0 amide bonds. The second kappa shape index (κ2) is 12.6. The summed E-state index contributed by atoms with van der Waals surface area (Å²) >= 11 is 0. The van der Waals surface area contributed by atoms with Crippen molar-refractivity contribution in [2.24, 2.45) is 5.41 Å². The van der Waals surface area contributed by atoms with Crippen LogP contribution < -0.4 is 41.9 Å². The predicted molar refractivity (Wildman–Crippen MR) is 189 cm³/mol. The normalized spacial score (nSPS) is 20.6. The summed E-state index contributed by atoms with van der Waals surface area (Å²) in [7, 11) is 0. The number of rotatable bonds is 10. The Balaban J connectivity index is 1.25. The lowest BCUT2D eigenvalue weighted by molar-refractivity contribution is -0.0693. The van der Waals surface area contributed by atoms with Gasteiger partial charge < -0.3 is 41.9 Å². The first kappa shape index (κ1) is 31.2. The minimum Gasteiger partial charge on any atom is -0.448 e. The molecule has 2 unspecified atom stereocenters. The van der Waals surface area contributed by atoms with Crippen LogP contribution in [0.1, 0.15) is 26.7 Å². The molecule has 0 saturated heterocycles. The third kappa shape index (κ3) is 7.23. The van der Waals surface area contributed by atoms with Crippen molar-refractivity contribution in [3.8, 4) is 23.0 Å². The number of anilines is 4. The van der Waals surface area contributed by atoms with Crippen molar-refractivity contribution in [1.82, 2.24) is 0 Å². The smallest absolute Gasteiger partial charge is 0.274 e. The van der Waals surface area contributed by atoms with Crippen LogP contribution in [0.25, 0.3) is 0 Å². The summed E-state index contributed by atoms with van der Waals surface area (Å²) in [5, 5.41) is 0. The fraction of sp³-hybridized carbons (Fsp3) is 0.179. The molecule has 4 aromatic rings. The molecular weight excluding hydrogens is 588 g/mol. The lowest BCUT2D eigenvalue weighted by Gasteiger charge is -2.39. The number of ether oxygens (including phenoxy) is 4. The molecular formula is C39H40N4O4. The SMILES string of the molecule is CC(C)(C1=CCC(Oc2ccc(N)cc2)(Oc2cccc(N)c2)C=C1)C1=CCC(Oc2ccc(N)cc2)(Oc2cccc(N)c2)C=C1. The van der Waals surface area contributed by atoms with Gasteiger partial charge in [-0.2, -0.15) is 0 Å². The molecule has 0 bridgehead atoms. The lowest BCUT2D eigenvalue weighted by Crippen LogP contribution is -2.42. The van der Waals surface area contributed by atoms with Crippen molar-refractivity contribution in [2.45, 2.75) is 38.3 Å². The van der Waals surface area contributed by atoms with Gasteiger partial charge in [-0.25, -0.2) is 0 Å². The van der Waals surface area contributed by atoms with Crippen LogP contribution >= 0.6 is 0 Å². The largest absolute Gasteiger partial charge is 0.448 e. The highest BCUT2D eigenvalue weighted by atomic mass is 16.7. The van der Waals surface area contributed by atoms with E-state index in [9.17, 15) is 0 Å². The molecule has 240 valence electrons. The Hall–Kier alpha value is -5.76. The predicted octanol–water partition coefficient (Wildman–Crippen LogP) is 7.82. The Labute approximate surface area is 275 Å². The molecule has 8 N–H and O–H groups in total. The van der Waals surface area contributed by atoms with Gasteiger partial charge >= 0.3 is 0 Å². The molecule has 4 aromatic carbocycles. The fourth-order valence-electron chi connectivity index (χ4n) is 5.67. The average Bonchev–Trinajstić information content (AvgIpc) is 3.04. The molecule has 2 aliphatic carbocycles. The zero-order valence-corrected chi connectivity index (χ0v) is 26.6. The van der Waals surface area contributed by atoms with Gasteiger partial charge in [-0.3, -0.25) is 0 Å². The Morgan fingerprint density at radius 2 is 0.872 bits per heavy atom. The number of allylic oxidation sites excluding steroid dienone is 4. The van der Waals surface area contributed by atoms with E-state index in [4.69, 9.17) is 41.9 Å². The van der Waals surface area contributed by atoms with Crippen LogP contribution in [0.2, 0.25) is 0 Å². The highest BCUT2D eigenvalue weighted by Gasteiger charge is 2.39. The molecule has 0 saturated carbocycles. The Bertz CT molecular complexity index is 1730. The van der Waals surface area contributed by atoms with E-state index >= 15 is 0 Å². The summed E-state index contributed by atoms with van der Waals surface area (Å²) in [6.07, 6.45) is 13.3. The standard InChI is InChI=1S/C39H40N4O4/c1-37(2,27-17-21-38(22-18-27,44-33-13-9-29(40)10-14-33)46-35-7-3-5-31(42)25-35)28-19-23-39(24-20-28,45-34-15-11-30(41)12-16-34)47-36-8-4-6-32(43)26-36/h3-21,23,25-26H,22,24,40-43H2,1-2H3. The molecule has 8 heteroatoms. The van der Waals surface area contributed by atoms with Crippen LogP contribution in [0, 0.1) is 5.41 Å². The van der Waals surface area contributed by atoms with Crippen molar-refractivity contribution in [2.75, 3.05) is 22.9 Å². The van der Waals surface area contributed by atoms with Crippen LogP contribution in [-0.4, -0.2) is 11.6 Å². The first-order chi connectivity index (χ1) is 22.5.